The molecule has 312 valence electrons. The molecule has 2 atom stereocenters. The summed E-state index contributed by atoms with van der Waals surface area (Å²) in [6.45, 7) is 12.1. The number of ether oxygens (including phenoxy) is 1. The van der Waals surface area contributed by atoms with Crippen LogP contribution < -0.4 is 0 Å². The summed E-state index contributed by atoms with van der Waals surface area (Å²) in [5, 5.41) is 20.4. The van der Waals surface area contributed by atoms with Crippen molar-refractivity contribution in [1.82, 2.24) is 4.90 Å². The lowest BCUT2D eigenvalue weighted by molar-refractivity contribution is -0.150. The third kappa shape index (κ3) is 36.3. The predicted molar refractivity (Wildman–Crippen MR) is 227 cm³/mol. The molecule has 0 saturated carbocycles. The molecule has 0 aliphatic carbocycles. The predicted octanol–water partition coefficient (Wildman–Crippen LogP) is 13.9. The Morgan fingerprint density at radius 2 is 0.885 bits per heavy atom. The first kappa shape index (κ1) is 51.4. The van der Waals surface area contributed by atoms with Gasteiger partial charge in [-0.2, -0.15) is 0 Å². The van der Waals surface area contributed by atoms with Crippen molar-refractivity contribution in [1.29, 1.82) is 0 Å². The maximum atomic E-state index is 12.7. The number of nitrogens with zero attached hydrogens (tertiary/aromatic N) is 1. The van der Waals surface area contributed by atoms with Gasteiger partial charge in [-0.15, -0.1) is 0 Å². The van der Waals surface area contributed by atoms with E-state index in [1.54, 1.807) is 0 Å². The van der Waals surface area contributed by atoms with Gasteiger partial charge in [-0.25, -0.2) is 0 Å². The monoisotopic (exact) mass is 738 g/mol. The standard InChI is InChI=1S/C47H95NO4/c1-5-9-13-16-20-26-34-44(33-12-8-4)43-45(50)35-27-25-32-40-48(41-42-49)39-31-24-19-23-30-38-47(51)52-46(36-28-21-17-14-10-6-2)37-29-22-18-15-11-7-3/h44-46,49-50H,5-43H2,1-4H3/t44?,45-/m1/s1. The number of unbranched alkanes of at least 4 members (excludes halogenated alkanes) is 22. The van der Waals surface area contributed by atoms with Crippen LogP contribution in [0.3, 0.4) is 0 Å². The number of rotatable bonds is 43. The number of esters is 1. The smallest absolute Gasteiger partial charge is 0.306 e. The second kappa shape index (κ2) is 41.5. The molecule has 0 aromatic heterocycles. The Bertz CT molecular complexity index is 687. The summed E-state index contributed by atoms with van der Waals surface area (Å²) in [4.78, 5) is 15.1. The van der Waals surface area contributed by atoms with E-state index in [1.807, 2.05) is 0 Å². The molecule has 0 heterocycles. The van der Waals surface area contributed by atoms with E-state index < -0.39 is 0 Å². The second-order valence-electron chi connectivity index (χ2n) is 16.6. The second-order valence-corrected chi connectivity index (χ2v) is 16.6. The Morgan fingerprint density at radius 3 is 1.40 bits per heavy atom. The number of hydrogen-bond acceptors (Lipinski definition) is 5. The van der Waals surface area contributed by atoms with Gasteiger partial charge in [-0.1, -0.05) is 188 Å². The van der Waals surface area contributed by atoms with Gasteiger partial charge in [0, 0.05) is 13.0 Å². The minimum absolute atomic E-state index is 0.0214. The zero-order valence-electron chi connectivity index (χ0n) is 36.0. The molecule has 0 spiro atoms. The summed E-state index contributed by atoms with van der Waals surface area (Å²) in [5.74, 6) is 0.717. The summed E-state index contributed by atoms with van der Waals surface area (Å²) in [6, 6.07) is 0. The normalized spacial score (nSPS) is 13.0. The first-order valence-corrected chi connectivity index (χ1v) is 23.7. The van der Waals surface area contributed by atoms with E-state index >= 15 is 0 Å². The first-order valence-electron chi connectivity index (χ1n) is 23.7. The lowest BCUT2D eigenvalue weighted by atomic mass is 9.89. The molecule has 0 aliphatic rings. The minimum atomic E-state index is -0.144. The van der Waals surface area contributed by atoms with E-state index in [4.69, 9.17) is 4.74 Å². The van der Waals surface area contributed by atoms with Crippen molar-refractivity contribution in [2.45, 2.75) is 265 Å². The minimum Gasteiger partial charge on any atom is -0.462 e. The zero-order chi connectivity index (χ0) is 38.2. The maximum absolute atomic E-state index is 12.7. The fourth-order valence-corrected chi connectivity index (χ4v) is 7.90. The van der Waals surface area contributed by atoms with Gasteiger partial charge in [-0.05, 0) is 76.8 Å². The molecule has 0 fully saturated rings. The van der Waals surface area contributed by atoms with Gasteiger partial charge in [0.2, 0.25) is 0 Å². The van der Waals surface area contributed by atoms with Crippen molar-refractivity contribution in [3.05, 3.63) is 0 Å². The summed E-state index contributed by atoms with van der Waals surface area (Å²) in [6.07, 6.45) is 42.2. The third-order valence-corrected chi connectivity index (χ3v) is 11.4. The topological polar surface area (TPSA) is 70.0 Å². The number of carbonyl (C=O) groups excluding carboxylic acids is 1. The molecule has 5 nitrogen and oxygen atoms in total. The van der Waals surface area contributed by atoms with Gasteiger partial charge in [0.1, 0.15) is 6.10 Å². The van der Waals surface area contributed by atoms with Crippen molar-refractivity contribution in [3.8, 4) is 0 Å². The highest BCUT2D eigenvalue weighted by Gasteiger charge is 2.16. The SMILES string of the molecule is CCCCCCCCC(CCCC)C[C@H](O)CCCCCN(CCO)CCCCCCCC(=O)OC(CCCCCCCC)CCCCCCCC. The molecular weight excluding hydrogens is 643 g/mol. The summed E-state index contributed by atoms with van der Waals surface area (Å²) < 4.78 is 6.04. The Morgan fingerprint density at radius 1 is 0.481 bits per heavy atom. The largest absolute Gasteiger partial charge is 0.462 e. The van der Waals surface area contributed by atoms with Crippen molar-refractivity contribution in [2.24, 2.45) is 5.92 Å². The Kier molecular flexibility index (Phi) is 41.0. The fourth-order valence-electron chi connectivity index (χ4n) is 7.90. The molecule has 52 heavy (non-hydrogen) atoms. The highest BCUT2D eigenvalue weighted by molar-refractivity contribution is 5.69. The van der Waals surface area contributed by atoms with Crippen LogP contribution in [0.1, 0.15) is 252 Å². The van der Waals surface area contributed by atoms with Crippen LogP contribution in [0.4, 0.5) is 0 Å². The fraction of sp³-hybridized carbons (Fsp3) is 0.979. The molecule has 2 N–H and O–H groups in total. The average molecular weight is 738 g/mol. The summed E-state index contributed by atoms with van der Waals surface area (Å²) in [7, 11) is 0. The van der Waals surface area contributed by atoms with E-state index in [1.165, 1.54) is 148 Å². The zero-order valence-corrected chi connectivity index (χ0v) is 36.0. The Labute approximate surface area is 326 Å². The number of aliphatic hydroxyl groups excluding tert-OH is 2. The molecule has 0 bridgehead atoms. The van der Waals surface area contributed by atoms with Crippen molar-refractivity contribution in [2.75, 3.05) is 26.2 Å². The highest BCUT2D eigenvalue weighted by atomic mass is 16.5. The summed E-state index contributed by atoms with van der Waals surface area (Å²) in [5.41, 5.74) is 0. The molecular formula is C47H95NO4. The molecule has 0 amide bonds. The third-order valence-electron chi connectivity index (χ3n) is 11.4. The van der Waals surface area contributed by atoms with Gasteiger partial charge >= 0.3 is 5.97 Å². The van der Waals surface area contributed by atoms with Crippen LogP contribution in [0, 0.1) is 5.92 Å². The van der Waals surface area contributed by atoms with Crippen LogP contribution in [0.25, 0.3) is 0 Å². The molecule has 0 aromatic rings. The molecule has 0 saturated heterocycles. The Balaban J connectivity index is 4.18. The van der Waals surface area contributed by atoms with Crippen LogP contribution in [0.2, 0.25) is 0 Å². The lowest BCUT2D eigenvalue weighted by Gasteiger charge is -2.22. The highest BCUT2D eigenvalue weighted by Crippen LogP contribution is 2.24. The van der Waals surface area contributed by atoms with Crippen LogP contribution >= 0.6 is 0 Å². The molecule has 0 radical (unpaired) electrons. The van der Waals surface area contributed by atoms with E-state index in [0.717, 1.165) is 90.3 Å². The van der Waals surface area contributed by atoms with E-state index in [9.17, 15) is 15.0 Å². The van der Waals surface area contributed by atoms with Crippen LogP contribution in [-0.2, 0) is 9.53 Å². The molecule has 1 unspecified atom stereocenters. The van der Waals surface area contributed by atoms with Gasteiger partial charge in [-0.3, -0.25) is 4.79 Å². The van der Waals surface area contributed by atoms with Crippen LogP contribution in [0.15, 0.2) is 0 Å². The van der Waals surface area contributed by atoms with Crippen LogP contribution in [0.5, 0.6) is 0 Å². The quantitative estimate of drug-likeness (QED) is 0.0482. The van der Waals surface area contributed by atoms with Gasteiger partial charge in [0.15, 0.2) is 0 Å². The van der Waals surface area contributed by atoms with E-state index in [2.05, 4.69) is 32.6 Å². The van der Waals surface area contributed by atoms with E-state index in [-0.39, 0.29) is 24.8 Å². The number of carbonyl (C=O) groups is 1. The maximum Gasteiger partial charge on any atom is 0.306 e. The first-order chi connectivity index (χ1) is 25.5. The van der Waals surface area contributed by atoms with Crippen LogP contribution in [-0.4, -0.2) is 59.5 Å². The average Bonchev–Trinajstić information content (AvgIpc) is 3.13. The lowest BCUT2D eigenvalue weighted by Crippen LogP contribution is -2.29. The Hall–Kier alpha value is -0.650. The van der Waals surface area contributed by atoms with Crippen molar-refractivity contribution >= 4 is 5.97 Å². The molecule has 0 aromatic carbocycles. The van der Waals surface area contributed by atoms with Gasteiger partial charge in [0.25, 0.3) is 0 Å². The van der Waals surface area contributed by atoms with Gasteiger partial charge in [0.05, 0.1) is 12.7 Å². The van der Waals surface area contributed by atoms with Crippen molar-refractivity contribution < 1.29 is 19.7 Å². The number of aliphatic hydroxyl groups is 2. The molecule has 0 aliphatic heterocycles. The summed E-state index contributed by atoms with van der Waals surface area (Å²) >= 11 is 0. The van der Waals surface area contributed by atoms with E-state index in [0.29, 0.717) is 12.3 Å². The number of hydrogen-bond donors (Lipinski definition) is 2. The molecule has 0 rings (SSSR count). The van der Waals surface area contributed by atoms with Gasteiger partial charge < -0.3 is 19.8 Å². The molecule has 5 heteroatoms. The van der Waals surface area contributed by atoms with Crippen molar-refractivity contribution in [3.63, 3.8) is 0 Å².